The highest BCUT2D eigenvalue weighted by Crippen LogP contribution is 2.18. The van der Waals surface area contributed by atoms with Gasteiger partial charge in [0.1, 0.15) is 10.2 Å². The molecule has 5 nitrogen and oxygen atoms in total. The van der Waals surface area contributed by atoms with Crippen LogP contribution in [0.1, 0.15) is 26.8 Å². The second-order valence-electron chi connectivity index (χ2n) is 3.94. The number of carbonyl (C=O) groups is 1. The number of carbonyl (C=O) groups excluding carboxylic acids is 1. The second-order valence-corrected chi connectivity index (χ2v) is 5.24. The van der Waals surface area contributed by atoms with Crippen molar-refractivity contribution in [1.82, 2.24) is 20.1 Å². The van der Waals surface area contributed by atoms with Crippen LogP contribution in [0, 0.1) is 13.8 Å². The summed E-state index contributed by atoms with van der Waals surface area (Å²) in [5.74, 6) is -0.224. The van der Waals surface area contributed by atoms with Crippen molar-refractivity contribution in [2.24, 2.45) is 7.05 Å². The summed E-state index contributed by atoms with van der Waals surface area (Å²) < 4.78 is 1.49. The Balaban J connectivity index is 2.08. The number of amides is 1. The van der Waals surface area contributed by atoms with Gasteiger partial charge in [-0.25, -0.2) is 4.98 Å². The van der Waals surface area contributed by atoms with Gasteiger partial charge in [0, 0.05) is 18.1 Å². The maximum Gasteiger partial charge on any atom is 0.256 e. The van der Waals surface area contributed by atoms with Crippen molar-refractivity contribution in [2.75, 3.05) is 0 Å². The molecule has 7 heteroatoms. The van der Waals surface area contributed by atoms with Gasteiger partial charge in [-0.1, -0.05) is 11.6 Å². The molecule has 0 bridgehead atoms. The second kappa shape index (κ2) is 5.07. The summed E-state index contributed by atoms with van der Waals surface area (Å²) in [7, 11) is 1.70. The van der Waals surface area contributed by atoms with E-state index < -0.39 is 0 Å². The number of aromatic nitrogens is 3. The minimum Gasteiger partial charge on any atom is -0.345 e. The van der Waals surface area contributed by atoms with Crippen molar-refractivity contribution < 1.29 is 4.79 Å². The van der Waals surface area contributed by atoms with Gasteiger partial charge in [0.2, 0.25) is 0 Å². The highest BCUT2D eigenvalue weighted by atomic mass is 35.5. The Morgan fingerprint density at radius 3 is 2.78 bits per heavy atom. The minimum atomic E-state index is -0.224. The number of rotatable bonds is 3. The van der Waals surface area contributed by atoms with Crippen molar-refractivity contribution in [3.8, 4) is 0 Å². The first kappa shape index (κ1) is 13.0. The average Bonchev–Trinajstić information content (AvgIpc) is 2.82. The van der Waals surface area contributed by atoms with Crippen LogP contribution in [-0.4, -0.2) is 20.7 Å². The van der Waals surface area contributed by atoms with E-state index in [1.807, 2.05) is 12.3 Å². The summed E-state index contributed by atoms with van der Waals surface area (Å²) in [5, 5.41) is 10.1. The molecule has 96 valence electrons. The Morgan fingerprint density at radius 1 is 1.56 bits per heavy atom. The zero-order chi connectivity index (χ0) is 13.3. The van der Waals surface area contributed by atoms with Crippen LogP contribution in [0.2, 0.25) is 5.15 Å². The first-order chi connectivity index (χ1) is 8.49. The summed E-state index contributed by atoms with van der Waals surface area (Å²) >= 11 is 7.54. The van der Waals surface area contributed by atoms with Crippen LogP contribution in [0.4, 0.5) is 0 Å². The summed E-state index contributed by atoms with van der Waals surface area (Å²) in [6, 6.07) is 0. The van der Waals surface area contributed by atoms with E-state index in [1.165, 1.54) is 16.0 Å². The third kappa shape index (κ3) is 2.54. The Morgan fingerprint density at radius 2 is 2.28 bits per heavy atom. The van der Waals surface area contributed by atoms with E-state index in [4.69, 9.17) is 11.6 Å². The van der Waals surface area contributed by atoms with Gasteiger partial charge in [-0.2, -0.15) is 5.10 Å². The van der Waals surface area contributed by atoms with Gasteiger partial charge in [-0.3, -0.25) is 9.48 Å². The number of thiazole rings is 1. The zero-order valence-corrected chi connectivity index (χ0v) is 11.9. The van der Waals surface area contributed by atoms with Gasteiger partial charge in [-0.15, -0.1) is 11.3 Å². The van der Waals surface area contributed by atoms with E-state index in [9.17, 15) is 4.79 Å². The monoisotopic (exact) mass is 284 g/mol. The SMILES string of the molecule is Cc1csc(CNC(=O)c2c(C)nn(C)c2Cl)n1. The minimum absolute atomic E-state index is 0.224. The van der Waals surface area contributed by atoms with Gasteiger partial charge in [-0.05, 0) is 13.8 Å². The van der Waals surface area contributed by atoms with Gasteiger partial charge in [0.25, 0.3) is 5.91 Å². The van der Waals surface area contributed by atoms with E-state index in [2.05, 4.69) is 15.4 Å². The fourth-order valence-electron chi connectivity index (χ4n) is 1.62. The Hall–Kier alpha value is -1.40. The number of hydrogen-bond acceptors (Lipinski definition) is 4. The Kier molecular flexibility index (Phi) is 3.68. The van der Waals surface area contributed by atoms with E-state index in [0.29, 0.717) is 23.0 Å². The lowest BCUT2D eigenvalue weighted by atomic mass is 10.2. The molecule has 2 rings (SSSR count). The van der Waals surface area contributed by atoms with E-state index in [1.54, 1.807) is 14.0 Å². The predicted molar refractivity (Wildman–Crippen MR) is 71.0 cm³/mol. The molecule has 0 saturated heterocycles. The van der Waals surface area contributed by atoms with E-state index >= 15 is 0 Å². The molecular formula is C11H13ClN4OS. The quantitative estimate of drug-likeness (QED) is 0.939. The molecule has 1 amide bonds. The average molecular weight is 285 g/mol. The van der Waals surface area contributed by atoms with Gasteiger partial charge in [0.15, 0.2) is 0 Å². The van der Waals surface area contributed by atoms with Crippen LogP contribution in [0.25, 0.3) is 0 Å². The summed E-state index contributed by atoms with van der Waals surface area (Å²) in [6.07, 6.45) is 0. The molecule has 0 fully saturated rings. The molecule has 0 aliphatic rings. The molecule has 1 N–H and O–H groups in total. The van der Waals surface area contributed by atoms with Crippen LogP contribution < -0.4 is 5.32 Å². The summed E-state index contributed by atoms with van der Waals surface area (Å²) in [5.41, 5.74) is 2.00. The molecule has 0 aromatic carbocycles. The molecule has 0 radical (unpaired) electrons. The molecule has 0 saturated carbocycles. The zero-order valence-electron chi connectivity index (χ0n) is 10.3. The van der Waals surface area contributed by atoms with Gasteiger partial charge in [0.05, 0.1) is 17.8 Å². The maximum atomic E-state index is 12.0. The third-order valence-corrected chi connectivity index (χ3v) is 3.85. The Bertz CT molecular complexity index is 590. The normalized spacial score (nSPS) is 10.7. The van der Waals surface area contributed by atoms with Crippen LogP contribution in [0.3, 0.4) is 0 Å². The molecule has 2 heterocycles. The predicted octanol–water partition coefficient (Wildman–Crippen LogP) is 2.08. The van der Waals surface area contributed by atoms with E-state index in [-0.39, 0.29) is 5.91 Å². The molecule has 0 spiro atoms. The highest BCUT2D eigenvalue weighted by Gasteiger charge is 2.18. The van der Waals surface area contributed by atoms with Crippen LogP contribution in [0.5, 0.6) is 0 Å². The van der Waals surface area contributed by atoms with Crippen LogP contribution >= 0.6 is 22.9 Å². The summed E-state index contributed by atoms with van der Waals surface area (Å²) in [6.45, 7) is 4.08. The first-order valence-electron chi connectivity index (χ1n) is 5.37. The number of nitrogens with zero attached hydrogens (tertiary/aromatic N) is 3. The lowest BCUT2D eigenvalue weighted by Crippen LogP contribution is -2.23. The molecule has 2 aromatic heterocycles. The van der Waals surface area contributed by atoms with Crippen LogP contribution in [-0.2, 0) is 13.6 Å². The lowest BCUT2D eigenvalue weighted by molar-refractivity contribution is 0.0950. The Labute approximate surface area is 114 Å². The fourth-order valence-corrected chi connectivity index (χ4v) is 2.59. The smallest absolute Gasteiger partial charge is 0.256 e. The highest BCUT2D eigenvalue weighted by molar-refractivity contribution is 7.09. The van der Waals surface area contributed by atoms with Gasteiger partial charge < -0.3 is 5.32 Å². The van der Waals surface area contributed by atoms with Crippen LogP contribution in [0.15, 0.2) is 5.38 Å². The van der Waals surface area contributed by atoms with Crippen molar-refractivity contribution in [2.45, 2.75) is 20.4 Å². The van der Waals surface area contributed by atoms with Crippen molar-refractivity contribution in [1.29, 1.82) is 0 Å². The molecule has 18 heavy (non-hydrogen) atoms. The lowest BCUT2D eigenvalue weighted by Gasteiger charge is -2.02. The summed E-state index contributed by atoms with van der Waals surface area (Å²) in [4.78, 5) is 16.3. The number of aryl methyl sites for hydroxylation is 3. The largest absolute Gasteiger partial charge is 0.345 e. The standard InChI is InChI=1S/C11H13ClN4OS/c1-6-5-18-8(14-6)4-13-11(17)9-7(2)15-16(3)10(9)12/h5H,4H2,1-3H3,(H,13,17). The van der Waals surface area contributed by atoms with Crippen molar-refractivity contribution in [3.05, 3.63) is 32.5 Å². The molecule has 2 aromatic rings. The van der Waals surface area contributed by atoms with E-state index in [0.717, 1.165) is 10.7 Å². The maximum absolute atomic E-state index is 12.0. The molecule has 0 aliphatic carbocycles. The third-order valence-electron chi connectivity index (χ3n) is 2.45. The number of halogens is 1. The fraction of sp³-hybridized carbons (Fsp3) is 0.364. The number of nitrogens with one attached hydrogen (secondary N) is 1. The molecule has 0 aliphatic heterocycles. The first-order valence-corrected chi connectivity index (χ1v) is 6.63. The number of hydrogen-bond donors (Lipinski definition) is 1. The van der Waals surface area contributed by atoms with Gasteiger partial charge >= 0.3 is 0 Å². The molecule has 0 unspecified atom stereocenters. The molecular weight excluding hydrogens is 272 g/mol. The molecule has 0 atom stereocenters. The van der Waals surface area contributed by atoms with Crippen molar-refractivity contribution >= 4 is 28.8 Å². The van der Waals surface area contributed by atoms with Crippen molar-refractivity contribution in [3.63, 3.8) is 0 Å². The topological polar surface area (TPSA) is 59.8 Å².